The van der Waals surface area contributed by atoms with Crippen molar-refractivity contribution >= 4 is 18.3 Å². The number of benzene rings is 1. The molecule has 3 saturated heterocycles. The van der Waals surface area contributed by atoms with Crippen molar-refractivity contribution in [3.05, 3.63) is 35.9 Å². The molecular weight excluding hydrogens is 388 g/mol. The molecule has 1 atom stereocenters. The van der Waals surface area contributed by atoms with Crippen LogP contribution < -0.4 is 0 Å². The summed E-state index contributed by atoms with van der Waals surface area (Å²) < 4.78 is 11.8. The first-order valence-electron chi connectivity index (χ1n) is 10.9. The maximum absolute atomic E-state index is 12.7. The van der Waals surface area contributed by atoms with Gasteiger partial charge in [0, 0.05) is 45.9 Å². The monoisotopic (exact) mass is 422 g/mol. The first-order valence-corrected chi connectivity index (χ1v) is 10.9. The van der Waals surface area contributed by atoms with E-state index in [1.807, 2.05) is 6.92 Å². The summed E-state index contributed by atoms with van der Waals surface area (Å²) in [5.74, 6) is 0.745. The van der Waals surface area contributed by atoms with E-state index >= 15 is 0 Å². The molecule has 0 saturated carbocycles. The van der Waals surface area contributed by atoms with Crippen LogP contribution in [0, 0.1) is 5.92 Å². The molecule has 3 aliphatic rings. The second-order valence-electron chi connectivity index (χ2n) is 8.79. The van der Waals surface area contributed by atoms with Crippen molar-refractivity contribution in [1.29, 1.82) is 0 Å². The SMILES string of the molecule is CC1OC2(CCN(CCc3ccccc3)CC2)CN(CC2CCOCC2)C1=O.Cl. The molecule has 1 spiro atoms. The summed E-state index contributed by atoms with van der Waals surface area (Å²) in [4.78, 5) is 17.4. The number of ether oxygens (including phenoxy) is 2. The van der Waals surface area contributed by atoms with Crippen molar-refractivity contribution in [2.24, 2.45) is 5.92 Å². The van der Waals surface area contributed by atoms with Gasteiger partial charge in [0.2, 0.25) is 0 Å². The first kappa shape index (κ1) is 22.5. The Morgan fingerprint density at radius 1 is 1.10 bits per heavy atom. The molecule has 3 heterocycles. The predicted molar refractivity (Wildman–Crippen MR) is 116 cm³/mol. The molecular formula is C23H35ClN2O3. The van der Waals surface area contributed by atoms with Crippen LogP contribution >= 0.6 is 12.4 Å². The van der Waals surface area contributed by atoms with Crippen LogP contribution in [0.2, 0.25) is 0 Å². The fourth-order valence-corrected chi connectivity index (χ4v) is 4.93. The molecule has 3 aliphatic heterocycles. The quantitative estimate of drug-likeness (QED) is 0.731. The Kier molecular flexibility index (Phi) is 7.97. The Labute approximate surface area is 181 Å². The minimum Gasteiger partial charge on any atom is -0.381 e. The lowest BCUT2D eigenvalue weighted by Gasteiger charge is -2.49. The maximum atomic E-state index is 12.7. The lowest BCUT2D eigenvalue weighted by Crippen LogP contribution is -2.62. The van der Waals surface area contributed by atoms with E-state index in [-0.39, 0.29) is 30.0 Å². The minimum absolute atomic E-state index is 0. The molecule has 0 radical (unpaired) electrons. The van der Waals surface area contributed by atoms with Gasteiger partial charge in [-0.15, -0.1) is 12.4 Å². The van der Waals surface area contributed by atoms with Crippen molar-refractivity contribution in [2.75, 3.05) is 45.9 Å². The van der Waals surface area contributed by atoms with Crippen LogP contribution in [0.1, 0.15) is 38.2 Å². The fraction of sp³-hybridized carbons (Fsp3) is 0.696. The minimum atomic E-state index is -0.315. The van der Waals surface area contributed by atoms with Crippen molar-refractivity contribution < 1.29 is 14.3 Å². The Morgan fingerprint density at radius 3 is 2.48 bits per heavy atom. The number of halogens is 1. The molecule has 0 aromatic heterocycles. The van der Waals surface area contributed by atoms with Crippen LogP contribution in [0.3, 0.4) is 0 Å². The van der Waals surface area contributed by atoms with E-state index in [9.17, 15) is 4.79 Å². The van der Waals surface area contributed by atoms with Crippen LogP contribution in [0.4, 0.5) is 0 Å². The summed E-state index contributed by atoms with van der Waals surface area (Å²) in [5.41, 5.74) is 1.25. The summed E-state index contributed by atoms with van der Waals surface area (Å²) in [7, 11) is 0. The number of amides is 1. The van der Waals surface area contributed by atoms with Crippen LogP contribution in [0.15, 0.2) is 30.3 Å². The van der Waals surface area contributed by atoms with Gasteiger partial charge in [-0.3, -0.25) is 4.79 Å². The van der Waals surface area contributed by atoms with E-state index < -0.39 is 0 Å². The van der Waals surface area contributed by atoms with Gasteiger partial charge >= 0.3 is 0 Å². The Morgan fingerprint density at radius 2 is 1.79 bits per heavy atom. The van der Waals surface area contributed by atoms with E-state index in [1.165, 1.54) is 5.56 Å². The van der Waals surface area contributed by atoms with Crippen LogP contribution in [-0.2, 0) is 20.7 Å². The van der Waals surface area contributed by atoms with Gasteiger partial charge in [0.25, 0.3) is 5.91 Å². The van der Waals surface area contributed by atoms with Gasteiger partial charge in [-0.1, -0.05) is 30.3 Å². The number of likely N-dealkylation sites (tertiary alicyclic amines) is 1. The first-order chi connectivity index (χ1) is 13.6. The second kappa shape index (κ2) is 10.3. The van der Waals surface area contributed by atoms with Crippen LogP contribution in [0.25, 0.3) is 0 Å². The van der Waals surface area contributed by atoms with Crippen LogP contribution in [0.5, 0.6) is 0 Å². The molecule has 1 aromatic carbocycles. The smallest absolute Gasteiger partial charge is 0.251 e. The molecule has 1 aromatic rings. The van der Waals surface area contributed by atoms with E-state index in [0.29, 0.717) is 5.92 Å². The summed E-state index contributed by atoms with van der Waals surface area (Å²) in [6.07, 6.45) is 4.95. The second-order valence-corrected chi connectivity index (χ2v) is 8.79. The number of morpholine rings is 1. The number of nitrogens with zero attached hydrogens (tertiary/aromatic N) is 2. The van der Waals surface area contributed by atoms with E-state index in [0.717, 1.165) is 78.0 Å². The standard InChI is InChI=1S/C23H34N2O3.ClH/c1-19-22(26)25(17-21-8-15-27-16-9-21)18-23(28-19)10-13-24(14-11-23)12-7-20-5-3-2-4-6-20;/h2-6,19,21H,7-18H2,1H3;1H. The molecule has 0 N–H and O–H groups in total. The number of rotatable bonds is 5. The summed E-state index contributed by atoms with van der Waals surface area (Å²) in [6.45, 7) is 8.44. The van der Waals surface area contributed by atoms with Crippen molar-refractivity contribution in [2.45, 2.75) is 50.7 Å². The summed E-state index contributed by atoms with van der Waals surface area (Å²) in [5, 5.41) is 0. The van der Waals surface area contributed by atoms with Gasteiger partial charge < -0.3 is 19.3 Å². The highest BCUT2D eigenvalue weighted by Crippen LogP contribution is 2.34. The third-order valence-corrected chi connectivity index (χ3v) is 6.71. The van der Waals surface area contributed by atoms with E-state index in [1.54, 1.807) is 0 Å². The summed E-state index contributed by atoms with van der Waals surface area (Å²) in [6, 6.07) is 10.7. The largest absolute Gasteiger partial charge is 0.381 e. The number of hydrogen-bond acceptors (Lipinski definition) is 4. The predicted octanol–water partition coefficient (Wildman–Crippen LogP) is 3.16. The number of piperidine rings is 1. The summed E-state index contributed by atoms with van der Waals surface area (Å²) >= 11 is 0. The average molecular weight is 423 g/mol. The number of carbonyl (C=O) groups excluding carboxylic acids is 1. The van der Waals surface area contributed by atoms with Crippen molar-refractivity contribution in [3.63, 3.8) is 0 Å². The number of carbonyl (C=O) groups is 1. The Bertz CT molecular complexity index is 643. The van der Waals surface area contributed by atoms with Gasteiger partial charge in [0.1, 0.15) is 6.10 Å². The molecule has 5 nitrogen and oxygen atoms in total. The van der Waals surface area contributed by atoms with E-state index in [2.05, 4.69) is 40.1 Å². The molecule has 29 heavy (non-hydrogen) atoms. The molecule has 162 valence electrons. The molecule has 0 aliphatic carbocycles. The maximum Gasteiger partial charge on any atom is 0.251 e. The molecule has 6 heteroatoms. The molecule has 4 rings (SSSR count). The highest BCUT2D eigenvalue weighted by Gasteiger charge is 2.45. The van der Waals surface area contributed by atoms with Gasteiger partial charge in [0.05, 0.1) is 5.60 Å². The van der Waals surface area contributed by atoms with Crippen LogP contribution in [-0.4, -0.2) is 73.3 Å². The Balaban J connectivity index is 0.00000240. The zero-order valence-corrected chi connectivity index (χ0v) is 18.4. The third kappa shape index (κ3) is 5.72. The fourth-order valence-electron chi connectivity index (χ4n) is 4.93. The van der Waals surface area contributed by atoms with Crippen molar-refractivity contribution in [3.8, 4) is 0 Å². The normalized spacial score (nSPS) is 25.8. The molecule has 1 unspecified atom stereocenters. The molecule has 3 fully saturated rings. The third-order valence-electron chi connectivity index (χ3n) is 6.71. The van der Waals surface area contributed by atoms with E-state index in [4.69, 9.17) is 9.47 Å². The van der Waals surface area contributed by atoms with Crippen molar-refractivity contribution in [1.82, 2.24) is 9.80 Å². The highest BCUT2D eigenvalue weighted by atomic mass is 35.5. The van der Waals surface area contributed by atoms with Gasteiger partial charge in [-0.2, -0.15) is 0 Å². The van der Waals surface area contributed by atoms with Gasteiger partial charge in [-0.05, 0) is 50.5 Å². The molecule has 1 amide bonds. The molecule has 0 bridgehead atoms. The highest BCUT2D eigenvalue weighted by molar-refractivity contribution is 5.85. The van der Waals surface area contributed by atoms with Gasteiger partial charge in [0.15, 0.2) is 0 Å². The lowest BCUT2D eigenvalue weighted by molar-refractivity contribution is -0.191. The number of hydrogen-bond donors (Lipinski definition) is 0. The Hall–Kier alpha value is -1.14. The average Bonchev–Trinajstić information content (AvgIpc) is 2.73. The zero-order valence-electron chi connectivity index (χ0n) is 17.6. The lowest BCUT2D eigenvalue weighted by atomic mass is 9.87. The zero-order chi connectivity index (χ0) is 19.4. The topological polar surface area (TPSA) is 42.0 Å². The van der Waals surface area contributed by atoms with Gasteiger partial charge in [-0.25, -0.2) is 0 Å².